The molecule has 3 aromatic rings. The molecule has 1 aromatic carbocycles. The number of aryl methyl sites for hydroxylation is 2. The highest BCUT2D eigenvalue weighted by Crippen LogP contribution is 2.21. The van der Waals surface area contributed by atoms with Gasteiger partial charge in [0.05, 0.1) is 18.1 Å². The third-order valence-electron chi connectivity index (χ3n) is 4.51. The van der Waals surface area contributed by atoms with Gasteiger partial charge in [0.15, 0.2) is 5.82 Å². The van der Waals surface area contributed by atoms with Crippen LogP contribution in [-0.2, 0) is 0 Å². The van der Waals surface area contributed by atoms with E-state index in [1.54, 1.807) is 12.4 Å². The van der Waals surface area contributed by atoms with E-state index in [1.165, 1.54) is 5.69 Å². The lowest BCUT2D eigenvalue weighted by Gasteiger charge is -2.19. The summed E-state index contributed by atoms with van der Waals surface area (Å²) in [7, 11) is 0. The number of aromatic nitrogens is 4. The van der Waals surface area contributed by atoms with Crippen molar-refractivity contribution in [3.8, 4) is 5.82 Å². The molecular weight excluding hydrogens is 312 g/mol. The Kier molecular flexibility index (Phi) is 4.09. The average molecular weight is 334 g/mol. The SMILES string of the molecule is Cc1cc(C)n(-c2cncc(NC3CCN(c4ccccc4)C3)n2)n1. The van der Waals surface area contributed by atoms with Crippen molar-refractivity contribution in [3.63, 3.8) is 0 Å². The Bertz CT molecular complexity index is 857. The normalized spacial score (nSPS) is 17.0. The fraction of sp³-hybridized carbons (Fsp3) is 0.316. The first-order valence-corrected chi connectivity index (χ1v) is 8.61. The van der Waals surface area contributed by atoms with Gasteiger partial charge in [-0.25, -0.2) is 9.67 Å². The third kappa shape index (κ3) is 3.33. The van der Waals surface area contributed by atoms with Crippen LogP contribution in [0.3, 0.4) is 0 Å². The molecule has 25 heavy (non-hydrogen) atoms. The van der Waals surface area contributed by atoms with Gasteiger partial charge in [-0.05, 0) is 38.5 Å². The molecule has 128 valence electrons. The standard InChI is InChI=1S/C19H22N6/c1-14-10-15(2)25(23-14)19-12-20-11-18(22-19)21-16-8-9-24(13-16)17-6-4-3-5-7-17/h3-7,10-12,16H,8-9,13H2,1-2H3,(H,21,22). The fourth-order valence-electron chi connectivity index (χ4n) is 3.35. The van der Waals surface area contributed by atoms with Crippen LogP contribution in [0.2, 0.25) is 0 Å². The summed E-state index contributed by atoms with van der Waals surface area (Å²) >= 11 is 0. The first kappa shape index (κ1) is 15.6. The molecule has 0 spiro atoms. The molecule has 1 fully saturated rings. The molecule has 1 aliphatic heterocycles. The van der Waals surface area contributed by atoms with Crippen molar-refractivity contribution >= 4 is 11.5 Å². The van der Waals surface area contributed by atoms with E-state index in [4.69, 9.17) is 0 Å². The van der Waals surface area contributed by atoms with E-state index in [9.17, 15) is 0 Å². The van der Waals surface area contributed by atoms with Crippen molar-refractivity contribution in [2.75, 3.05) is 23.3 Å². The maximum Gasteiger partial charge on any atom is 0.174 e. The van der Waals surface area contributed by atoms with Gasteiger partial charge in [-0.2, -0.15) is 5.10 Å². The second kappa shape index (κ2) is 6.55. The van der Waals surface area contributed by atoms with Crippen molar-refractivity contribution in [3.05, 3.63) is 60.2 Å². The van der Waals surface area contributed by atoms with Crippen molar-refractivity contribution < 1.29 is 0 Å². The lowest BCUT2D eigenvalue weighted by molar-refractivity contribution is 0.778. The molecule has 6 heteroatoms. The second-order valence-corrected chi connectivity index (χ2v) is 6.51. The molecule has 4 rings (SSSR count). The maximum absolute atomic E-state index is 4.69. The summed E-state index contributed by atoms with van der Waals surface area (Å²) in [5.74, 6) is 1.54. The summed E-state index contributed by atoms with van der Waals surface area (Å²) in [6.45, 7) is 6.02. The second-order valence-electron chi connectivity index (χ2n) is 6.51. The average Bonchev–Trinajstić information content (AvgIpc) is 3.22. The minimum Gasteiger partial charge on any atom is -0.369 e. The van der Waals surface area contributed by atoms with Crippen LogP contribution in [0.25, 0.3) is 5.82 Å². The van der Waals surface area contributed by atoms with E-state index in [0.717, 1.165) is 42.5 Å². The van der Waals surface area contributed by atoms with Crippen molar-refractivity contribution in [1.29, 1.82) is 0 Å². The van der Waals surface area contributed by atoms with E-state index in [1.807, 2.05) is 24.6 Å². The van der Waals surface area contributed by atoms with E-state index in [2.05, 4.69) is 55.6 Å². The van der Waals surface area contributed by atoms with Gasteiger partial charge < -0.3 is 10.2 Å². The van der Waals surface area contributed by atoms with Crippen molar-refractivity contribution in [2.24, 2.45) is 0 Å². The van der Waals surface area contributed by atoms with Gasteiger partial charge in [-0.1, -0.05) is 18.2 Å². The molecule has 3 heterocycles. The number of hydrogen-bond donors (Lipinski definition) is 1. The third-order valence-corrected chi connectivity index (χ3v) is 4.51. The molecule has 0 bridgehead atoms. The van der Waals surface area contributed by atoms with Gasteiger partial charge in [-0.15, -0.1) is 0 Å². The van der Waals surface area contributed by atoms with Crippen molar-refractivity contribution in [1.82, 2.24) is 19.7 Å². The van der Waals surface area contributed by atoms with Crippen LogP contribution in [0.4, 0.5) is 11.5 Å². The van der Waals surface area contributed by atoms with Crippen LogP contribution < -0.4 is 10.2 Å². The summed E-state index contributed by atoms with van der Waals surface area (Å²) in [4.78, 5) is 11.4. The summed E-state index contributed by atoms with van der Waals surface area (Å²) in [6, 6.07) is 12.9. The molecule has 0 amide bonds. The Morgan fingerprint density at radius 2 is 1.96 bits per heavy atom. The molecule has 0 radical (unpaired) electrons. The molecule has 1 unspecified atom stereocenters. The molecule has 6 nitrogen and oxygen atoms in total. The minimum absolute atomic E-state index is 0.366. The molecule has 1 atom stereocenters. The van der Waals surface area contributed by atoms with E-state index in [-0.39, 0.29) is 0 Å². The van der Waals surface area contributed by atoms with Gasteiger partial charge in [0.1, 0.15) is 5.82 Å². The summed E-state index contributed by atoms with van der Waals surface area (Å²) in [5, 5.41) is 8.00. The molecule has 2 aromatic heterocycles. The number of rotatable bonds is 4. The predicted octanol–water partition coefficient (Wildman–Crippen LogP) is 2.97. The van der Waals surface area contributed by atoms with Crippen LogP contribution in [0.1, 0.15) is 17.8 Å². The highest BCUT2D eigenvalue weighted by atomic mass is 15.3. The zero-order chi connectivity index (χ0) is 17.2. The highest BCUT2D eigenvalue weighted by molar-refractivity contribution is 5.48. The number of nitrogens with zero attached hydrogens (tertiary/aromatic N) is 5. The number of nitrogens with one attached hydrogen (secondary N) is 1. The minimum atomic E-state index is 0.366. The van der Waals surface area contributed by atoms with Gasteiger partial charge in [0.2, 0.25) is 0 Å². The summed E-state index contributed by atoms with van der Waals surface area (Å²) in [6.07, 6.45) is 4.61. The quantitative estimate of drug-likeness (QED) is 0.795. The van der Waals surface area contributed by atoms with Crippen LogP contribution >= 0.6 is 0 Å². The van der Waals surface area contributed by atoms with E-state index < -0.39 is 0 Å². The van der Waals surface area contributed by atoms with Crippen LogP contribution in [-0.4, -0.2) is 38.9 Å². The summed E-state index contributed by atoms with van der Waals surface area (Å²) in [5.41, 5.74) is 3.31. The van der Waals surface area contributed by atoms with Gasteiger partial charge in [0, 0.05) is 30.5 Å². The Morgan fingerprint density at radius 1 is 1.12 bits per heavy atom. The van der Waals surface area contributed by atoms with Crippen LogP contribution in [0.15, 0.2) is 48.8 Å². The van der Waals surface area contributed by atoms with E-state index >= 15 is 0 Å². The topological polar surface area (TPSA) is 58.9 Å². The van der Waals surface area contributed by atoms with Gasteiger partial charge in [-0.3, -0.25) is 4.98 Å². The first-order chi connectivity index (χ1) is 12.2. The number of anilines is 2. The van der Waals surface area contributed by atoms with Crippen LogP contribution in [0.5, 0.6) is 0 Å². The molecule has 1 aliphatic rings. The zero-order valence-corrected chi connectivity index (χ0v) is 14.6. The van der Waals surface area contributed by atoms with Crippen molar-refractivity contribution in [2.45, 2.75) is 26.3 Å². The first-order valence-electron chi connectivity index (χ1n) is 8.61. The summed E-state index contributed by atoms with van der Waals surface area (Å²) < 4.78 is 1.83. The number of benzene rings is 1. The molecule has 0 saturated carbocycles. The molecule has 1 saturated heterocycles. The number of para-hydroxylation sites is 1. The monoisotopic (exact) mass is 334 g/mol. The van der Waals surface area contributed by atoms with Gasteiger partial charge >= 0.3 is 0 Å². The molecular formula is C19H22N6. The Morgan fingerprint density at radius 3 is 2.72 bits per heavy atom. The lowest BCUT2D eigenvalue weighted by atomic mass is 10.2. The maximum atomic E-state index is 4.69. The van der Waals surface area contributed by atoms with Gasteiger partial charge in [0.25, 0.3) is 0 Å². The zero-order valence-electron chi connectivity index (χ0n) is 14.6. The highest BCUT2D eigenvalue weighted by Gasteiger charge is 2.23. The Balaban J connectivity index is 1.47. The Hall–Kier alpha value is -2.89. The lowest BCUT2D eigenvalue weighted by Crippen LogP contribution is -2.26. The number of hydrogen-bond acceptors (Lipinski definition) is 5. The smallest absolute Gasteiger partial charge is 0.174 e. The largest absolute Gasteiger partial charge is 0.369 e. The van der Waals surface area contributed by atoms with E-state index in [0.29, 0.717) is 6.04 Å². The fourth-order valence-corrected chi connectivity index (χ4v) is 3.35. The van der Waals surface area contributed by atoms with Crippen LogP contribution in [0, 0.1) is 13.8 Å². The molecule has 0 aliphatic carbocycles. The molecule has 1 N–H and O–H groups in total. The predicted molar refractivity (Wildman–Crippen MR) is 99.3 cm³/mol. The Labute approximate surface area is 147 Å².